The molecule has 9 heteroatoms. The van der Waals surface area contributed by atoms with Crippen LogP contribution in [-0.2, 0) is 14.8 Å². The molecule has 28 heavy (non-hydrogen) atoms. The van der Waals surface area contributed by atoms with Crippen molar-refractivity contribution in [1.82, 2.24) is 14.5 Å². The molecule has 0 spiro atoms. The van der Waals surface area contributed by atoms with Gasteiger partial charge in [-0.3, -0.25) is 4.79 Å². The van der Waals surface area contributed by atoms with Crippen LogP contribution in [0.3, 0.4) is 0 Å². The van der Waals surface area contributed by atoms with Crippen molar-refractivity contribution in [3.8, 4) is 0 Å². The maximum absolute atomic E-state index is 12.7. The second-order valence-electron chi connectivity index (χ2n) is 8.31. The number of hydrogen-bond donors (Lipinski definition) is 2. The van der Waals surface area contributed by atoms with E-state index in [0.717, 1.165) is 19.4 Å². The lowest BCUT2D eigenvalue weighted by molar-refractivity contribution is -0.115. The molecule has 158 valence electrons. The summed E-state index contributed by atoms with van der Waals surface area (Å²) in [5.41, 5.74) is 0.326. The highest BCUT2D eigenvalue weighted by molar-refractivity contribution is 7.89. The van der Waals surface area contributed by atoms with Gasteiger partial charge in [0, 0.05) is 26.2 Å². The first kappa shape index (κ1) is 23.1. The van der Waals surface area contributed by atoms with Gasteiger partial charge in [0.15, 0.2) is 0 Å². The van der Waals surface area contributed by atoms with Crippen LogP contribution >= 0.6 is 11.6 Å². The fourth-order valence-electron chi connectivity index (χ4n) is 3.46. The Morgan fingerprint density at radius 3 is 2.50 bits per heavy atom. The zero-order valence-corrected chi connectivity index (χ0v) is 18.7. The van der Waals surface area contributed by atoms with Gasteiger partial charge in [0.1, 0.15) is 0 Å². The van der Waals surface area contributed by atoms with E-state index in [2.05, 4.69) is 29.4 Å². The van der Waals surface area contributed by atoms with Crippen LogP contribution in [-0.4, -0.2) is 70.3 Å². The van der Waals surface area contributed by atoms with E-state index in [1.807, 2.05) is 14.1 Å². The number of benzene rings is 1. The predicted octanol–water partition coefficient (Wildman–Crippen LogP) is 2.24. The number of rotatable bonds is 9. The van der Waals surface area contributed by atoms with E-state index < -0.39 is 10.0 Å². The summed E-state index contributed by atoms with van der Waals surface area (Å²) in [6.07, 6.45) is 1.73. The largest absolute Gasteiger partial charge is 0.324 e. The minimum absolute atomic E-state index is 0.0190. The molecule has 1 saturated heterocycles. The molecule has 0 unspecified atom stereocenters. The Balaban J connectivity index is 1.99. The van der Waals surface area contributed by atoms with Crippen molar-refractivity contribution in [3.05, 3.63) is 23.2 Å². The van der Waals surface area contributed by atoms with Crippen molar-refractivity contribution in [2.75, 3.05) is 52.1 Å². The first-order valence-electron chi connectivity index (χ1n) is 9.46. The smallest absolute Gasteiger partial charge is 0.243 e. The van der Waals surface area contributed by atoms with Gasteiger partial charge in [0.25, 0.3) is 0 Å². The summed E-state index contributed by atoms with van der Waals surface area (Å²) in [5.74, 6) is -0.265. The molecule has 1 heterocycles. The van der Waals surface area contributed by atoms with E-state index in [0.29, 0.717) is 30.3 Å². The third-order valence-electron chi connectivity index (χ3n) is 4.55. The highest BCUT2D eigenvalue weighted by Gasteiger charge is 2.27. The maximum Gasteiger partial charge on any atom is 0.243 e. The monoisotopic (exact) mass is 430 g/mol. The predicted molar refractivity (Wildman–Crippen MR) is 113 cm³/mol. The SMILES string of the molecule is CN(C)CC(C)(C)CNCC(=O)Nc1cc(S(=O)(=O)N2CCCC2)ccc1Cl. The highest BCUT2D eigenvalue weighted by atomic mass is 35.5. The molecular formula is C19H31ClN4O3S. The Morgan fingerprint density at radius 2 is 1.89 bits per heavy atom. The average Bonchev–Trinajstić information content (AvgIpc) is 3.10. The molecule has 1 amide bonds. The number of anilines is 1. The fraction of sp³-hybridized carbons (Fsp3) is 0.632. The molecule has 1 aromatic carbocycles. The Labute approximate surface area is 173 Å². The number of carbonyl (C=O) groups excluding carboxylic acids is 1. The summed E-state index contributed by atoms with van der Waals surface area (Å²) in [7, 11) is 0.469. The molecule has 1 aromatic rings. The first-order valence-corrected chi connectivity index (χ1v) is 11.3. The van der Waals surface area contributed by atoms with Gasteiger partial charge in [-0.2, -0.15) is 4.31 Å². The quantitative estimate of drug-likeness (QED) is 0.627. The number of halogens is 1. The number of nitrogens with zero attached hydrogens (tertiary/aromatic N) is 2. The molecule has 0 bridgehead atoms. The zero-order valence-electron chi connectivity index (χ0n) is 17.1. The van der Waals surface area contributed by atoms with E-state index in [-0.39, 0.29) is 22.8 Å². The fourth-order valence-corrected chi connectivity index (χ4v) is 5.17. The Kier molecular flexibility index (Phi) is 7.87. The molecule has 0 aliphatic carbocycles. The number of amides is 1. The summed E-state index contributed by atoms with van der Waals surface area (Å²) in [6, 6.07) is 4.42. The molecular weight excluding hydrogens is 400 g/mol. The lowest BCUT2D eigenvalue weighted by atomic mass is 9.93. The van der Waals surface area contributed by atoms with Crippen LogP contribution < -0.4 is 10.6 Å². The van der Waals surface area contributed by atoms with Crippen LogP contribution in [0.2, 0.25) is 5.02 Å². The second kappa shape index (κ2) is 9.54. The van der Waals surface area contributed by atoms with Crippen LogP contribution in [0.15, 0.2) is 23.1 Å². The maximum atomic E-state index is 12.7. The Morgan fingerprint density at radius 1 is 1.25 bits per heavy atom. The minimum Gasteiger partial charge on any atom is -0.324 e. The van der Waals surface area contributed by atoms with Gasteiger partial charge in [-0.05, 0) is 50.6 Å². The summed E-state index contributed by atoms with van der Waals surface area (Å²) in [4.78, 5) is 14.5. The van der Waals surface area contributed by atoms with Crippen LogP contribution in [0.25, 0.3) is 0 Å². The number of hydrogen-bond acceptors (Lipinski definition) is 5. The highest BCUT2D eigenvalue weighted by Crippen LogP contribution is 2.28. The van der Waals surface area contributed by atoms with Crippen molar-refractivity contribution in [2.45, 2.75) is 31.6 Å². The number of sulfonamides is 1. The van der Waals surface area contributed by atoms with Crippen LogP contribution in [0, 0.1) is 5.41 Å². The Hall–Kier alpha value is -1.19. The molecule has 2 N–H and O–H groups in total. The molecule has 0 radical (unpaired) electrons. The zero-order chi connectivity index (χ0) is 20.9. The van der Waals surface area contributed by atoms with Gasteiger partial charge in [-0.1, -0.05) is 25.4 Å². The lowest BCUT2D eigenvalue weighted by Crippen LogP contribution is -2.40. The van der Waals surface area contributed by atoms with Crippen LogP contribution in [0.1, 0.15) is 26.7 Å². The van der Waals surface area contributed by atoms with Gasteiger partial charge in [0.05, 0.1) is 22.2 Å². The van der Waals surface area contributed by atoms with Crippen molar-refractivity contribution in [1.29, 1.82) is 0 Å². The van der Waals surface area contributed by atoms with Gasteiger partial charge in [-0.15, -0.1) is 0 Å². The lowest BCUT2D eigenvalue weighted by Gasteiger charge is -2.28. The standard InChI is InChI=1S/C19H31ClN4O3S/c1-19(2,14-23(3)4)13-21-12-18(25)22-17-11-15(7-8-16(17)20)28(26,27)24-9-5-6-10-24/h7-8,11,21H,5-6,9-10,12-14H2,1-4H3,(H,22,25). The van der Waals surface area contributed by atoms with Crippen molar-refractivity contribution >= 4 is 33.2 Å². The van der Waals surface area contributed by atoms with E-state index in [1.54, 1.807) is 0 Å². The molecule has 7 nitrogen and oxygen atoms in total. The molecule has 1 aliphatic rings. The van der Waals surface area contributed by atoms with Crippen molar-refractivity contribution in [2.24, 2.45) is 5.41 Å². The van der Waals surface area contributed by atoms with Gasteiger partial charge in [0.2, 0.25) is 15.9 Å². The average molecular weight is 431 g/mol. The van der Waals surface area contributed by atoms with E-state index in [4.69, 9.17) is 11.6 Å². The Bertz CT molecular complexity index is 790. The van der Waals surface area contributed by atoms with Gasteiger partial charge < -0.3 is 15.5 Å². The molecule has 1 fully saturated rings. The normalized spacial score (nSPS) is 15.9. The second-order valence-corrected chi connectivity index (χ2v) is 10.7. The molecule has 0 atom stereocenters. The summed E-state index contributed by atoms with van der Waals surface area (Å²) in [5, 5.41) is 6.17. The van der Waals surface area contributed by atoms with Crippen LogP contribution in [0.5, 0.6) is 0 Å². The van der Waals surface area contributed by atoms with Gasteiger partial charge >= 0.3 is 0 Å². The third-order valence-corrected chi connectivity index (χ3v) is 6.77. The van der Waals surface area contributed by atoms with E-state index in [1.165, 1.54) is 22.5 Å². The third kappa shape index (κ3) is 6.42. The summed E-state index contributed by atoms with van der Waals surface area (Å²) in [6.45, 7) is 7.00. The molecule has 0 saturated carbocycles. The van der Waals surface area contributed by atoms with Crippen LogP contribution in [0.4, 0.5) is 5.69 Å². The minimum atomic E-state index is -3.56. The van der Waals surface area contributed by atoms with Crippen molar-refractivity contribution in [3.63, 3.8) is 0 Å². The summed E-state index contributed by atoms with van der Waals surface area (Å²) < 4.78 is 26.9. The number of nitrogens with one attached hydrogen (secondary N) is 2. The van der Waals surface area contributed by atoms with E-state index in [9.17, 15) is 13.2 Å². The topological polar surface area (TPSA) is 81.8 Å². The molecule has 2 rings (SSSR count). The molecule has 1 aliphatic heterocycles. The van der Waals surface area contributed by atoms with E-state index >= 15 is 0 Å². The first-order chi connectivity index (χ1) is 13.0. The number of carbonyl (C=O) groups is 1. The van der Waals surface area contributed by atoms with Gasteiger partial charge in [-0.25, -0.2) is 8.42 Å². The summed E-state index contributed by atoms with van der Waals surface area (Å²) >= 11 is 6.16. The molecule has 0 aromatic heterocycles. The van der Waals surface area contributed by atoms with Crippen molar-refractivity contribution < 1.29 is 13.2 Å².